The molecule has 5 aromatic carbocycles. The molecule has 1 saturated heterocycles. The number of benzene rings is 5. The van der Waals surface area contributed by atoms with Gasteiger partial charge < -0.3 is 5.11 Å². The third-order valence-corrected chi connectivity index (χ3v) is 12.6. The van der Waals surface area contributed by atoms with Crippen LogP contribution < -0.4 is 4.90 Å². The average molecular weight is 789 g/mol. The largest absolute Gasteiger partial charge is 0.508 e. The number of nitrogens with zero attached hydrogens (tertiary/aromatic N) is 1. The molecule has 5 aromatic rings. The van der Waals surface area contributed by atoms with Gasteiger partial charge in [0.05, 0.1) is 22.9 Å². The van der Waals surface area contributed by atoms with Gasteiger partial charge in [-0.15, -0.1) is 0 Å². The summed E-state index contributed by atoms with van der Waals surface area (Å²) >= 11 is 3.58. The summed E-state index contributed by atoms with van der Waals surface area (Å²) in [5.74, 6) is -5.25. The highest BCUT2D eigenvalue weighted by atomic mass is 79.9. The fourth-order valence-corrected chi connectivity index (χ4v) is 10.1. The first-order valence-corrected chi connectivity index (χ1v) is 19.2. The van der Waals surface area contributed by atoms with Crippen molar-refractivity contribution >= 4 is 56.4 Å². The molecule has 2 amide bonds. The van der Waals surface area contributed by atoms with Crippen LogP contribution in [0.2, 0.25) is 0 Å². The van der Waals surface area contributed by atoms with E-state index < -0.39 is 35.0 Å². The number of halogens is 1. The second kappa shape index (κ2) is 13.4. The molecular formula is C47H34BrNO6. The van der Waals surface area contributed by atoms with Crippen molar-refractivity contribution in [3.8, 4) is 5.75 Å². The standard InChI is InChI=1S/C47H34BrNO6/c48-31-18-23-39(50)37(24-31)42-33-21-22-34-41(46(55)49(45(34)54)32-19-16-29(17-20-32)43(52)28-12-6-2-7-13-28)36(33)25-38-44(53)35(27-10-4-1-5-11-27)26-40(51)47(38,42)30-14-8-3-9-15-30/h1-21,23-24,26,34,36,38,41-42,50H,22,25H2. The molecule has 0 spiro atoms. The zero-order valence-electron chi connectivity index (χ0n) is 29.5. The summed E-state index contributed by atoms with van der Waals surface area (Å²) in [6.07, 6.45) is 3.84. The van der Waals surface area contributed by atoms with Crippen LogP contribution >= 0.6 is 15.9 Å². The van der Waals surface area contributed by atoms with Crippen LogP contribution in [0.1, 0.15) is 51.4 Å². The minimum atomic E-state index is -1.45. The topological polar surface area (TPSA) is 109 Å². The number of aromatic hydroxyl groups is 1. The normalized spacial score (nSPS) is 25.8. The average Bonchev–Trinajstić information content (AvgIpc) is 3.48. The second-order valence-corrected chi connectivity index (χ2v) is 15.7. The van der Waals surface area contributed by atoms with E-state index in [1.165, 1.54) is 11.0 Å². The van der Waals surface area contributed by atoms with E-state index >= 15 is 9.59 Å². The maximum atomic E-state index is 15.2. The third-order valence-electron chi connectivity index (χ3n) is 12.1. The number of anilines is 1. The van der Waals surface area contributed by atoms with Crippen LogP contribution in [-0.4, -0.2) is 34.3 Å². The number of Topliss-reactive ketones (excluding diaryl/α,β-unsaturated/α-hetero) is 1. The first-order valence-electron chi connectivity index (χ1n) is 18.4. The van der Waals surface area contributed by atoms with E-state index in [-0.39, 0.29) is 47.8 Å². The Morgan fingerprint density at radius 2 is 1.36 bits per heavy atom. The summed E-state index contributed by atoms with van der Waals surface area (Å²) in [6.45, 7) is 0. The highest BCUT2D eigenvalue weighted by molar-refractivity contribution is 9.10. The number of hydrogen-bond acceptors (Lipinski definition) is 6. The molecule has 270 valence electrons. The van der Waals surface area contributed by atoms with Gasteiger partial charge in [-0.25, -0.2) is 0 Å². The molecule has 2 fully saturated rings. The number of rotatable bonds is 6. The van der Waals surface area contributed by atoms with Gasteiger partial charge in [0.25, 0.3) is 0 Å². The van der Waals surface area contributed by atoms with Crippen LogP contribution in [0.4, 0.5) is 5.69 Å². The molecule has 0 bridgehead atoms. The predicted octanol–water partition coefficient (Wildman–Crippen LogP) is 8.41. The minimum absolute atomic E-state index is 0.0374. The zero-order chi connectivity index (χ0) is 38.0. The maximum absolute atomic E-state index is 15.2. The minimum Gasteiger partial charge on any atom is -0.508 e. The van der Waals surface area contributed by atoms with Crippen LogP contribution in [0, 0.1) is 23.7 Å². The molecule has 1 heterocycles. The van der Waals surface area contributed by atoms with Gasteiger partial charge >= 0.3 is 0 Å². The lowest BCUT2D eigenvalue weighted by Crippen LogP contribution is -2.58. The number of carbonyl (C=O) groups is 5. The van der Waals surface area contributed by atoms with E-state index in [0.717, 1.165) is 5.57 Å². The third kappa shape index (κ3) is 5.34. The maximum Gasteiger partial charge on any atom is 0.238 e. The smallest absolute Gasteiger partial charge is 0.238 e. The molecular weight excluding hydrogens is 754 g/mol. The van der Waals surface area contributed by atoms with Crippen LogP contribution in [0.5, 0.6) is 5.75 Å². The molecule has 4 aliphatic rings. The molecule has 6 atom stereocenters. The molecule has 7 nitrogen and oxygen atoms in total. The number of ketones is 3. The van der Waals surface area contributed by atoms with Crippen molar-refractivity contribution < 1.29 is 29.1 Å². The van der Waals surface area contributed by atoms with E-state index in [4.69, 9.17) is 0 Å². The Morgan fingerprint density at radius 3 is 2.05 bits per heavy atom. The summed E-state index contributed by atoms with van der Waals surface area (Å²) in [4.78, 5) is 73.6. The molecule has 1 aliphatic heterocycles. The molecule has 55 heavy (non-hydrogen) atoms. The van der Waals surface area contributed by atoms with Gasteiger partial charge in [0.15, 0.2) is 17.3 Å². The Labute approximate surface area is 326 Å². The summed E-state index contributed by atoms with van der Waals surface area (Å²) in [5.41, 5.74) is 2.68. The molecule has 3 aliphatic carbocycles. The number of amides is 2. The fraction of sp³-hybridized carbons (Fsp3) is 0.170. The molecule has 6 unspecified atom stereocenters. The molecule has 0 radical (unpaired) electrons. The first kappa shape index (κ1) is 34.8. The van der Waals surface area contributed by atoms with Gasteiger partial charge in [-0.2, -0.15) is 0 Å². The molecule has 9 rings (SSSR count). The van der Waals surface area contributed by atoms with Crippen LogP contribution in [0.15, 0.2) is 156 Å². The van der Waals surface area contributed by atoms with Gasteiger partial charge in [-0.1, -0.05) is 119 Å². The number of imide groups is 1. The van der Waals surface area contributed by atoms with E-state index in [2.05, 4.69) is 15.9 Å². The van der Waals surface area contributed by atoms with E-state index in [1.54, 1.807) is 66.7 Å². The number of carbonyl (C=O) groups excluding carboxylic acids is 5. The van der Waals surface area contributed by atoms with Crippen molar-refractivity contribution in [1.29, 1.82) is 0 Å². The summed E-state index contributed by atoms with van der Waals surface area (Å²) < 4.78 is 0.680. The number of hydrogen-bond donors (Lipinski definition) is 1. The van der Waals surface area contributed by atoms with E-state index in [9.17, 15) is 19.5 Å². The highest BCUT2D eigenvalue weighted by Crippen LogP contribution is 2.64. The lowest BCUT2D eigenvalue weighted by Gasteiger charge is -2.55. The Morgan fingerprint density at radius 1 is 0.727 bits per heavy atom. The van der Waals surface area contributed by atoms with Crippen LogP contribution in [0.25, 0.3) is 5.57 Å². The number of phenols is 1. The quantitative estimate of drug-likeness (QED) is 0.105. The van der Waals surface area contributed by atoms with Crippen molar-refractivity contribution in [1.82, 2.24) is 0 Å². The van der Waals surface area contributed by atoms with Gasteiger partial charge in [-0.3, -0.25) is 28.9 Å². The molecule has 8 heteroatoms. The number of fused-ring (bicyclic) bond motifs is 4. The molecule has 1 saturated carbocycles. The Balaban J connectivity index is 1.18. The van der Waals surface area contributed by atoms with Crippen molar-refractivity contribution in [2.75, 3.05) is 4.90 Å². The van der Waals surface area contributed by atoms with Crippen LogP contribution in [0.3, 0.4) is 0 Å². The Hall–Kier alpha value is -5.99. The van der Waals surface area contributed by atoms with Gasteiger partial charge in [-0.05, 0) is 78.4 Å². The fourth-order valence-electron chi connectivity index (χ4n) is 9.75. The second-order valence-electron chi connectivity index (χ2n) is 14.7. The highest BCUT2D eigenvalue weighted by Gasteiger charge is 2.66. The lowest BCUT2D eigenvalue weighted by atomic mass is 9.44. The summed E-state index contributed by atoms with van der Waals surface area (Å²) in [7, 11) is 0. The number of allylic oxidation sites excluding steroid dienone is 4. The van der Waals surface area contributed by atoms with Crippen molar-refractivity contribution in [2.45, 2.75) is 24.2 Å². The molecule has 0 aromatic heterocycles. The Bertz CT molecular complexity index is 2480. The SMILES string of the molecule is O=C(c1ccccc1)c1ccc(N2C(=O)C3CC=C4C(CC5C(=O)C(c6ccccc6)=CC(=O)C5(c5ccccc5)C4c4cc(Br)ccc4O)C3C2=O)cc1. The van der Waals surface area contributed by atoms with Gasteiger partial charge in [0.1, 0.15) is 5.75 Å². The Kier molecular flexibility index (Phi) is 8.46. The first-order chi connectivity index (χ1) is 26.7. The molecule has 1 N–H and O–H groups in total. The number of phenolic OH excluding ortho intramolecular Hbond substituents is 1. The zero-order valence-corrected chi connectivity index (χ0v) is 31.1. The van der Waals surface area contributed by atoms with Gasteiger partial charge in [0.2, 0.25) is 11.8 Å². The van der Waals surface area contributed by atoms with E-state index in [1.807, 2.05) is 72.8 Å². The predicted molar refractivity (Wildman–Crippen MR) is 211 cm³/mol. The summed E-state index contributed by atoms with van der Waals surface area (Å²) in [6, 6.07) is 38.9. The van der Waals surface area contributed by atoms with Crippen LogP contribution in [-0.2, 0) is 24.6 Å². The monoisotopic (exact) mass is 787 g/mol. The van der Waals surface area contributed by atoms with E-state index in [0.29, 0.717) is 43.6 Å². The lowest BCUT2D eigenvalue weighted by molar-refractivity contribution is -0.135. The van der Waals surface area contributed by atoms with Crippen molar-refractivity contribution in [3.63, 3.8) is 0 Å². The van der Waals surface area contributed by atoms with Crippen molar-refractivity contribution in [2.24, 2.45) is 23.7 Å². The van der Waals surface area contributed by atoms with Gasteiger partial charge in [0, 0.05) is 38.6 Å². The van der Waals surface area contributed by atoms with Crippen molar-refractivity contribution in [3.05, 3.63) is 183 Å². The summed E-state index contributed by atoms with van der Waals surface area (Å²) in [5, 5.41) is 11.6.